The van der Waals surface area contributed by atoms with Crippen LogP contribution in [0.15, 0.2) is 42.5 Å². The van der Waals surface area contributed by atoms with Gasteiger partial charge in [0, 0.05) is 19.4 Å². The van der Waals surface area contributed by atoms with Gasteiger partial charge in [0.25, 0.3) is 0 Å². The SMILES string of the molecule is COc1ccc(C)cc1C(=O)CCC(=O)NCc1ccc(C(=O)O)cc1. The molecule has 2 aromatic rings. The van der Waals surface area contributed by atoms with Crippen LogP contribution in [0, 0.1) is 6.92 Å². The van der Waals surface area contributed by atoms with E-state index in [1.54, 1.807) is 24.3 Å². The Labute approximate surface area is 151 Å². The Kier molecular flexibility index (Phi) is 6.49. The number of rotatable bonds is 8. The number of carboxylic acid groups (broad SMARTS) is 1. The van der Waals surface area contributed by atoms with Gasteiger partial charge in [0.15, 0.2) is 5.78 Å². The normalized spacial score (nSPS) is 10.2. The Morgan fingerprint density at radius 3 is 2.35 bits per heavy atom. The number of nitrogens with one attached hydrogen (secondary N) is 1. The number of amides is 1. The third-order valence-corrected chi connectivity index (χ3v) is 3.93. The lowest BCUT2D eigenvalue weighted by Gasteiger charge is -2.09. The number of Topliss-reactive ketones (excluding diaryl/α,β-unsaturated/α-hetero) is 1. The van der Waals surface area contributed by atoms with Gasteiger partial charge in [0.1, 0.15) is 5.75 Å². The minimum atomic E-state index is -0.995. The molecule has 1 amide bonds. The molecular formula is C20H21NO5. The number of aryl methyl sites for hydroxylation is 1. The summed E-state index contributed by atoms with van der Waals surface area (Å²) in [6, 6.07) is 11.6. The number of methoxy groups -OCH3 is 1. The van der Waals surface area contributed by atoms with Gasteiger partial charge in [-0.05, 0) is 36.8 Å². The van der Waals surface area contributed by atoms with E-state index in [9.17, 15) is 14.4 Å². The number of benzene rings is 2. The third kappa shape index (κ3) is 5.17. The van der Waals surface area contributed by atoms with E-state index >= 15 is 0 Å². The molecule has 26 heavy (non-hydrogen) atoms. The Morgan fingerprint density at radius 1 is 1.04 bits per heavy atom. The zero-order chi connectivity index (χ0) is 19.1. The van der Waals surface area contributed by atoms with Gasteiger partial charge >= 0.3 is 5.97 Å². The molecule has 0 atom stereocenters. The van der Waals surface area contributed by atoms with Crippen molar-refractivity contribution < 1.29 is 24.2 Å². The van der Waals surface area contributed by atoms with Gasteiger partial charge < -0.3 is 15.2 Å². The van der Waals surface area contributed by atoms with Crippen molar-refractivity contribution in [2.45, 2.75) is 26.3 Å². The van der Waals surface area contributed by atoms with E-state index in [0.717, 1.165) is 11.1 Å². The lowest BCUT2D eigenvalue weighted by molar-refractivity contribution is -0.121. The highest BCUT2D eigenvalue weighted by Gasteiger charge is 2.14. The second-order valence-electron chi connectivity index (χ2n) is 5.91. The van der Waals surface area contributed by atoms with Crippen LogP contribution in [-0.4, -0.2) is 29.9 Å². The second-order valence-corrected chi connectivity index (χ2v) is 5.91. The molecular weight excluding hydrogens is 334 g/mol. The molecule has 0 aromatic heterocycles. The summed E-state index contributed by atoms with van der Waals surface area (Å²) < 4.78 is 5.20. The number of carbonyl (C=O) groups excluding carboxylic acids is 2. The number of ketones is 1. The van der Waals surface area contributed by atoms with Crippen LogP contribution in [0.5, 0.6) is 5.75 Å². The van der Waals surface area contributed by atoms with Crippen LogP contribution in [-0.2, 0) is 11.3 Å². The first-order chi connectivity index (χ1) is 12.4. The number of hydrogen-bond acceptors (Lipinski definition) is 4. The number of ether oxygens (including phenoxy) is 1. The average molecular weight is 355 g/mol. The highest BCUT2D eigenvalue weighted by atomic mass is 16.5. The van der Waals surface area contributed by atoms with Gasteiger partial charge in [-0.2, -0.15) is 0 Å². The van der Waals surface area contributed by atoms with E-state index in [2.05, 4.69) is 5.32 Å². The fourth-order valence-electron chi connectivity index (χ4n) is 2.46. The fourth-order valence-corrected chi connectivity index (χ4v) is 2.46. The van der Waals surface area contributed by atoms with E-state index in [1.807, 2.05) is 13.0 Å². The Hall–Kier alpha value is -3.15. The topological polar surface area (TPSA) is 92.7 Å². The average Bonchev–Trinajstić information content (AvgIpc) is 2.64. The Bertz CT molecular complexity index is 811. The quantitative estimate of drug-likeness (QED) is 0.710. The van der Waals surface area contributed by atoms with Crippen LogP contribution in [0.4, 0.5) is 0 Å². The maximum Gasteiger partial charge on any atom is 0.335 e. The number of carbonyl (C=O) groups is 3. The standard InChI is InChI=1S/C20H21NO5/c1-13-3-9-18(26-2)16(11-13)17(22)8-10-19(23)21-12-14-4-6-15(7-5-14)20(24)25/h3-7,9,11H,8,10,12H2,1-2H3,(H,21,23)(H,24,25). The van der Waals surface area contributed by atoms with Crippen molar-refractivity contribution in [3.05, 3.63) is 64.7 Å². The molecule has 0 spiro atoms. The van der Waals surface area contributed by atoms with Gasteiger partial charge in [0.2, 0.25) is 5.91 Å². The zero-order valence-electron chi connectivity index (χ0n) is 14.7. The summed E-state index contributed by atoms with van der Waals surface area (Å²) in [6.45, 7) is 2.17. The van der Waals surface area contributed by atoms with Crippen LogP contribution < -0.4 is 10.1 Å². The summed E-state index contributed by atoms with van der Waals surface area (Å²) in [7, 11) is 1.50. The number of hydrogen-bond donors (Lipinski definition) is 2. The van der Waals surface area contributed by atoms with E-state index in [0.29, 0.717) is 11.3 Å². The van der Waals surface area contributed by atoms with Crippen molar-refractivity contribution in [1.82, 2.24) is 5.32 Å². The molecule has 6 heteroatoms. The maximum absolute atomic E-state index is 12.3. The van der Waals surface area contributed by atoms with Gasteiger partial charge in [0.05, 0.1) is 18.2 Å². The summed E-state index contributed by atoms with van der Waals surface area (Å²) in [4.78, 5) is 35.1. The Balaban J connectivity index is 1.86. The molecule has 0 bridgehead atoms. The van der Waals surface area contributed by atoms with Crippen molar-refractivity contribution in [1.29, 1.82) is 0 Å². The van der Waals surface area contributed by atoms with Crippen molar-refractivity contribution in [2.24, 2.45) is 0 Å². The van der Waals surface area contributed by atoms with Crippen molar-refractivity contribution >= 4 is 17.7 Å². The molecule has 0 saturated heterocycles. The van der Waals surface area contributed by atoms with Crippen LogP contribution in [0.1, 0.15) is 44.7 Å². The minimum absolute atomic E-state index is 0.0726. The molecule has 0 fully saturated rings. The van der Waals surface area contributed by atoms with Crippen LogP contribution in [0.25, 0.3) is 0 Å². The van der Waals surface area contributed by atoms with Gasteiger partial charge in [-0.15, -0.1) is 0 Å². The van der Waals surface area contributed by atoms with E-state index < -0.39 is 5.97 Å². The first-order valence-electron chi connectivity index (χ1n) is 8.17. The molecule has 0 heterocycles. The molecule has 2 aromatic carbocycles. The largest absolute Gasteiger partial charge is 0.496 e. The van der Waals surface area contributed by atoms with Gasteiger partial charge in [-0.25, -0.2) is 4.79 Å². The monoisotopic (exact) mass is 355 g/mol. The maximum atomic E-state index is 12.3. The number of carboxylic acids is 1. The lowest BCUT2D eigenvalue weighted by Crippen LogP contribution is -2.23. The summed E-state index contributed by atoms with van der Waals surface area (Å²) >= 11 is 0. The summed E-state index contributed by atoms with van der Waals surface area (Å²) in [5, 5.41) is 11.6. The first-order valence-corrected chi connectivity index (χ1v) is 8.17. The summed E-state index contributed by atoms with van der Waals surface area (Å²) in [5.41, 5.74) is 2.40. The van der Waals surface area contributed by atoms with E-state index in [4.69, 9.17) is 9.84 Å². The lowest BCUT2D eigenvalue weighted by atomic mass is 10.0. The molecule has 136 valence electrons. The van der Waals surface area contributed by atoms with Crippen LogP contribution in [0.3, 0.4) is 0 Å². The van der Waals surface area contributed by atoms with Crippen molar-refractivity contribution in [2.75, 3.05) is 7.11 Å². The molecule has 0 unspecified atom stereocenters. The summed E-state index contributed by atoms with van der Waals surface area (Å²) in [5.74, 6) is -0.885. The highest BCUT2D eigenvalue weighted by molar-refractivity contribution is 6.00. The fraction of sp³-hybridized carbons (Fsp3) is 0.250. The molecule has 2 rings (SSSR count). The predicted octanol–water partition coefficient (Wildman–Crippen LogP) is 2.98. The molecule has 6 nitrogen and oxygen atoms in total. The van der Waals surface area contributed by atoms with Crippen molar-refractivity contribution in [3.8, 4) is 5.75 Å². The highest BCUT2D eigenvalue weighted by Crippen LogP contribution is 2.21. The molecule has 0 saturated carbocycles. The molecule has 2 N–H and O–H groups in total. The number of aromatic carboxylic acids is 1. The summed E-state index contributed by atoms with van der Waals surface area (Å²) in [6.07, 6.45) is 0.159. The van der Waals surface area contributed by atoms with Gasteiger partial charge in [-0.1, -0.05) is 23.8 Å². The first kappa shape index (κ1) is 19.2. The van der Waals surface area contributed by atoms with E-state index in [1.165, 1.54) is 19.2 Å². The third-order valence-electron chi connectivity index (χ3n) is 3.93. The molecule has 0 radical (unpaired) electrons. The second kappa shape index (κ2) is 8.80. The zero-order valence-corrected chi connectivity index (χ0v) is 14.7. The van der Waals surface area contributed by atoms with Gasteiger partial charge in [-0.3, -0.25) is 9.59 Å². The van der Waals surface area contributed by atoms with E-state index in [-0.39, 0.29) is 36.6 Å². The molecule has 0 aliphatic heterocycles. The Morgan fingerprint density at radius 2 is 1.73 bits per heavy atom. The predicted molar refractivity (Wildman–Crippen MR) is 96.5 cm³/mol. The minimum Gasteiger partial charge on any atom is -0.496 e. The van der Waals surface area contributed by atoms with Crippen LogP contribution >= 0.6 is 0 Å². The molecule has 0 aliphatic rings. The smallest absolute Gasteiger partial charge is 0.335 e. The van der Waals surface area contributed by atoms with Crippen molar-refractivity contribution in [3.63, 3.8) is 0 Å². The van der Waals surface area contributed by atoms with Crippen LogP contribution in [0.2, 0.25) is 0 Å². The molecule has 0 aliphatic carbocycles.